The van der Waals surface area contributed by atoms with Crippen molar-refractivity contribution in [2.75, 3.05) is 0 Å². The summed E-state index contributed by atoms with van der Waals surface area (Å²) in [5, 5.41) is 5.64. The van der Waals surface area contributed by atoms with E-state index in [4.69, 9.17) is 0 Å². The molecule has 0 N–H and O–H groups in total. The van der Waals surface area contributed by atoms with Gasteiger partial charge in [0, 0.05) is 0 Å². The smallest absolute Gasteiger partial charge is 0.0102 e. The zero-order valence-electron chi connectivity index (χ0n) is 10.4. The van der Waals surface area contributed by atoms with Crippen molar-refractivity contribution < 1.29 is 0 Å². The average Bonchev–Trinajstić information content (AvgIpc) is 2.46. The molecule has 19 heavy (non-hydrogen) atoms. The second kappa shape index (κ2) is 5.28. The van der Waals surface area contributed by atoms with Crippen molar-refractivity contribution in [2.24, 2.45) is 0 Å². The molecule has 0 atom stereocenters. The van der Waals surface area contributed by atoms with E-state index in [1.165, 1.54) is 47.2 Å². The second-order valence-electron chi connectivity index (χ2n) is 5.29. The van der Waals surface area contributed by atoms with Gasteiger partial charge in [-0.2, -0.15) is 0 Å². The molecule has 1 aliphatic rings. The van der Waals surface area contributed by atoms with Gasteiger partial charge in [-0.3, -0.25) is 0 Å². The summed E-state index contributed by atoms with van der Waals surface area (Å²) in [6.45, 7) is 0. The predicted octanol–water partition coefficient (Wildman–Crippen LogP) is 4.22. The number of aryl methyl sites for hydroxylation is 2. The molecule has 0 saturated carbocycles. The van der Waals surface area contributed by atoms with Gasteiger partial charge in [-0.1, -0.05) is 48.5 Å². The van der Waals surface area contributed by atoms with Crippen LogP contribution in [-0.2, 0) is 12.8 Å². The standard InChI is InChI=1S/C18H16.Na.H/c1-3-7-15-13(5-1)9-11-18-16-8-4-2-6-14(16)10-12-17(15)18;;/h1,3,5,7,9-12H,2,4,6,8H2;;. The van der Waals surface area contributed by atoms with Crippen molar-refractivity contribution in [3.8, 4) is 0 Å². The summed E-state index contributed by atoms with van der Waals surface area (Å²) in [6.07, 6.45) is 5.22. The second-order valence-corrected chi connectivity index (χ2v) is 5.29. The average molecular weight is 256 g/mol. The first-order valence-electron chi connectivity index (χ1n) is 6.86. The summed E-state index contributed by atoms with van der Waals surface area (Å²) in [7, 11) is 0. The van der Waals surface area contributed by atoms with E-state index in [2.05, 4.69) is 48.5 Å². The Hall–Kier alpha value is -0.820. The van der Waals surface area contributed by atoms with E-state index < -0.39 is 0 Å². The minimum Gasteiger partial charge on any atom is -0.0616 e. The van der Waals surface area contributed by atoms with Gasteiger partial charge in [0.05, 0.1) is 0 Å². The normalized spacial score (nSPS) is 14.1. The van der Waals surface area contributed by atoms with Crippen molar-refractivity contribution in [3.05, 3.63) is 59.7 Å². The summed E-state index contributed by atoms with van der Waals surface area (Å²) in [4.78, 5) is 0. The summed E-state index contributed by atoms with van der Waals surface area (Å²) < 4.78 is 0. The molecule has 0 radical (unpaired) electrons. The van der Waals surface area contributed by atoms with Crippen LogP contribution in [0.15, 0.2) is 48.5 Å². The van der Waals surface area contributed by atoms with Crippen LogP contribution in [0, 0.1) is 0 Å². The van der Waals surface area contributed by atoms with Gasteiger partial charge in [0.15, 0.2) is 0 Å². The van der Waals surface area contributed by atoms with Crippen LogP contribution in [0.4, 0.5) is 0 Å². The maximum absolute atomic E-state index is 2.35. The monoisotopic (exact) mass is 256 g/mol. The summed E-state index contributed by atoms with van der Waals surface area (Å²) >= 11 is 0. The van der Waals surface area contributed by atoms with Crippen LogP contribution in [-0.4, -0.2) is 29.6 Å². The molecule has 0 spiro atoms. The third-order valence-corrected chi connectivity index (χ3v) is 4.26. The van der Waals surface area contributed by atoms with Crippen LogP contribution < -0.4 is 0 Å². The van der Waals surface area contributed by atoms with E-state index in [1.807, 2.05) is 0 Å². The minimum absolute atomic E-state index is 0. The molecule has 0 amide bonds. The van der Waals surface area contributed by atoms with Crippen LogP contribution in [0.3, 0.4) is 0 Å². The number of fused-ring (bicyclic) bond motifs is 5. The van der Waals surface area contributed by atoms with Gasteiger partial charge < -0.3 is 0 Å². The fourth-order valence-corrected chi connectivity index (χ4v) is 3.34. The molecule has 1 aliphatic carbocycles. The quantitative estimate of drug-likeness (QED) is 0.417. The Bertz CT molecular complexity index is 743. The van der Waals surface area contributed by atoms with Gasteiger partial charge in [-0.25, -0.2) is 0 Å². The van der Waals surface area contributed by atoms with Gasteiger partial charge in [-0.05, 0) is 58.4 Å². The molecule has 0 nitrogen and oxygen atoms in total. The molecule has 0 heterocycles. The van der Waals surface area contributed by atoms with Crippen molar-refractivity contribution in [3.63, 3.8) is 0 Å². The number of benzene rings is 3. The van der Waals surface area contributed by atoms with Crippen molar-refractivity contribution >= 4 is 51.1 Å². The Morgan fingerprint density at radius 3 is 2.37 bits per heavy atom. The summed E-state index contributed by atoms with van der Waals surface area (Å²) in [6, 6.07) is 18.0. The number of hydrogen-bond donors (Lipinski definition) is 0. The molecule has 3 aromatic rings. The number of hydrogen-bond acceptors (Lipinski definition) is 0. The van der Waals surface area contributed by atoms with Gasteiger partial charge >= 0.3 is 29.6 Å². The molecule has 0 aromatic heterocycles. The van der Waals surface area contributed by atoms with E-state index in [-0.39, 0.29) is 29.6 Å². The topological polar surface area (TPSA) is 0 Å². The maximum atomic E-state index is 2.35. The molecule has 0 bridgehead atoms. The van der Waals surface area contributed by atoms with Crippen molar-refractivity contribution in [2.45, 2.75) is 25.7 Å². The Morgan fingerprint density at radius 1 is 0.632 bits per heavy atom. The van der Waals surface area contributed by atoms with Gasteiger partial charge in [0.1, 0.15) is 0 Å². The summed E-state index contributed by atoms with van der Waals surface area (Å²) in [5.41, 5.74) is 3.17. The molecular formula is C18H17Na. The largest absolute Gasteiger partial charge is 0.0616 e. The van der Waals surface area contributed by atoms with E-state index in [9.17, 15) is 0 Å². The zero-order chi connectivity index (χ0) is 11.9. The van der Waals surface area contributed by atoms with Gasteiger partial charge in [0.2, 0.25) is 0 Å². The Labute approximate surface area is 136 Å². The fourth-order valence-electron chi connectivity index (χ4n) is 3.34. The Morgan fingerprint density at radius 2 is 1.42 bits per heavy atom. The first-order chi connectivity index (χ1) is 8.93. The molecule has 0 unspecified atom stereocenters. The molecule has 3 aromatic carbocycles. The molecule has 4 rings (SSSR count). The van der Waals surface area contributed by atoms with E-state index in [1.54, 1.807) is 11.1 Å². The first kappa shape index (κ1) is 13.2. The van der Waals surface area contributed by atoms with Crippen LogP contribution in [0.25, 0.3) is 21.5 Å². The fraction of sp³-hybridized carbons (Fsp3) is 0.222. The molecule has 0 fully saturated rings. The van der Waals surface area contributed by atoms with Crippen LogP contribution >= 0.6 is 0 Å². The van der Waals surface area contributed by atoms with E-state index in [0.29, 0.717) is 0 Å². The maximum Gasteiger partial charge on any atom is -0.0102 e. The first-order valence-corrected chi connectivity index (χ1v) is 6.86. The van der Waals surface area contributed by atoms with E-state index >= 15 is 0 Å². The van der Waals surface area contributed by atoms with Crippen LogP contribution in [0.2, 0.25) is 0 Å². The molecule has 90 valence electrons. The summed E-state index contributed by atoms with van der Waals surface area (Å²) in [5.74, 6) is 0. The molecular weight excluding hydrogens is 239 g/mol. The van der Waals surface area contributed by atoms with Crippen molar-refractivity contribution in [1.82, 2.24) is 0 Å². The van der Waals surface area contributed by atoms with Crippen LogP contribution in [0.1, 0.15) is 24.0 Å². The molecule has 0 saturated heterocycles. The molecule has 0 aliphatic heterocycles. The SMILES string of the molecule is [NaH].c1ccc2c(c1)ccc1c3c(ccc12)CCCC3. The third-order valence-electron chi connectivity index (χ3n) is 4.26. The zero-order valence-corrected chi connectivity index (χ0v) is 10.4. The molecule has 1 heteroatoms. The number of rotatable bonds is 0. The van der Waals surface area contributed by atoms with Gasteiger partial charge in [-0.15, -0.1) is 0 Å². The van der Waals surface area contributed by atoms with Crippen molar-refractivity contribution in [1.29, 1.82) is 0 Å². The minimum atomic E-state index is 0. The van der Waals surface area contributed by atoms with Crippen LogP contribution in [0.5, 0.6) is 0 Å². The van der Waals surface area contributed by atoms with Gasteiger partial charge in [0.25, 0.3) is 0 Å². The Balaban J connectivity index is 0.00000110. The predicted molar refractivity (Wildman–Crippen MR) is 85.2 cm³/mol. The van der Waals surface area contributed by atoms with E-state index in [0.717, 1.165) is 0 Å². The third kappa shape index (κ3) is 2.12. The Kier molecular flexibility index (Phi) is 3.66.